The number of benzene rings is 2. The Hall–Kier alpha value is -1.23. The fourth-order valence-corrected chi connectivity index (χ4v) is 2.33. The van der Waals surface area contributed by atoms with Crippen molar-refractivity contribution in [3.63, 3.8) is 0 Å². The highest BCUT2D eigenvalue weighted by Crippen LogP contribution is 2.29. The van der Waals surface area contributed by atoms with Crippen LogP contribution in [0.2, 0.25) is 10.0 Å². The quantitative estimate of drug-likeness (QED) is 0.764. The van der Waals surface area contributed by atoms with Crippen molar-refractivity contribution in [2.75, 3.05) is 17.2 Å². The van der Waals surface area contributed by atoms with Crippen molar-refractivity contribution < 1.29 is 4.79 Å². The summed E-state index contributed by atoms with van der Waals surface area (Å²) in [5.41, 5.74) is 2.48. The Morgan fingerprint density at radius 1 is 1.24 bits per heavy atom. The highest BCUT2D eigenvalue weighted by molar-refractivity contribution is 9.10. The zero-order valence-corrected chi connectivity index (χ0v) is 14.3. The van der Waals surface area contributed by atoms with Crippen LogP contribution in [0, 0.1) is 6.92 Å². The second-order valence-corrected chi connectivity index (χ2v) is 6.11. The smallest absolute Gasteiger partial charge is 0.243 e. The largest absolute Gasteiger partial charge is 0.376 e. The van der Waals surface area contributed by atoms with Gasteiger partial charge < -0.3 is 10.6 Å². The SMILES string of the molecule is Cc1cc(NCC(=O)Nc2cccc(Cl)c2Cl)ccc1Br. The maximum Gasteiger partial charge on any atom is 0.243 e. The summed E-state index contributed by atoms with van der Waals surface area (Å²) in [7, 11) is 0. The molecule has 0 unspecified atom stereocenters. The minimum Gasteiger partial charge on any atom is -0.376 e. The molecule has 0 heterocycles. The first-order valence-electron chi connectivity index (χ1n) is 6.21. The van der Waals surface area contributed by atoms with Crippen LogP contribution in [0.3, 0.4) is 0 Å². The molecule has 0 aliphatic rings. The second kappa shape index (κ2) is 7.16. The summed E-state index contributed by atoms with van der Waals surface area (Å²) >= 11 is 15.4. The molecule has 0 saturated heterocycles. The fraction of sp³-hybridized carbons (Fsp3) is 0.133. The van der Waals surface area contributed by atoms with Crippen LogP contribution in [0.4, 0.5) is 11.4 Å². The van der Waals surface area contributed by atoms with Crippen LogP contribution in [0.1, 0.15) is 5.56 Å². The molecule has 0 atom stereocenters. The Labute approximate surface area is 141 Å². The number of rotatable bonds is 4. The lowest BCUT2D eigenvalue weighted by Crippen LogP contribution is -2.21. The Morgan fingerprint density at radius 2 is 2.00 bits per heavy atom. The van der Waals surface area contributed by atoms with Gasteiger partial charge in [0.2, 0.25) is 5.91 Å². The van der Waals surface area contributed by atoms with Crippen LogP contribution in [-0.2, 0) is 4.79 Å². The molecule has 0 bridgehead atoms. The maximum atomic E-state index is 11.9. The molecule has 1 amide bonds. The monoisotopic (exact) mass is 386 g/mol. The summed E-state index contributed by atoms with van der Waals surface area (Å²) in [5, 5.41) is 6.53. The Bertz CT molecular complexity index is 677. The van der Waals surface area contributed by atoms with Crippen LogP contribution in [0.25, 0.3) is 0 Å². The molecule has 0 aliphatic heterocycles. The van der Waals surface area contributed by atoms with E-state index < -0.39 is 0 Å². The van der Waals surface area contributed by atoms with E-state index >= 15 is 0 Å². The molecule has 6 heteroatoms. The molecular formula is C15H13BrCl2N2O. The number of hydrogen-bond donors (Lipinski definition) is 2. The molecule has 2 N–H and O–H groups in total. The van der Waals surface area contributed by atoms with E-state index in [0.29, 0.717) is 15.7 Å². The van der Waals surface area contributed by atoms with Crippen LogP contribution in [0.5, 0.6) is 0 Å². The molecule has 0 aromatic heterocycles. The van der Waals surface area contributed by atoms with Crippen molar-refractivity contribution in [1.82, 2.24) is 0 Å². The van der Waals surface area contributed by atoms with E-state index in [1.54, 1.807) is 18.2 Å². The molecule has 0 radical (unpaired) electrons. The highest BCUT2D eigenvalue weighted by atomic mass is 79.9. The average Bonchev–Trinajstić information content (AvgIpc) is 2.45. The van der Waals surface area contributed by atoms with Gasteiger partial charge in [0.1, 0.15) is 0 Å². The molecule has 0 saturated carbocycles. The van der Waals surface area contributed by atoms with Gasteiger partial charge in [0.05, 0.1) is 22.3 Å². The van der Waals surface area contributed by atoms with Crippen molar-refractivity contribution in [1.29, 1.82) is 0 Å². The average molecular weight is 388 g/mol. The molecule has 2 rings (SSSR count). The number of aryl methyl sites for hydroxylation is 1. The summed E-state index contributed by atoms with van der Waals surface area (Å²) in [6.07, 6.45) is 0. The van der Waals surface area contributed by atoms with E-state index in [4.69, 9.17) is 23.2 Å². The Morgan fingerprint density at radius 3 is 2.71 bits per heavy atom. The van der Waals surface area contributed by atoms with Gasteiger partial charge in [-0.05, 0) is 42.8 Å². The molecule has 21 heavy (non-hydrogen) atoms. The molecule has 0 aliphatic carbocycles. The standard InChI is InChI=1S/C15H13BrCl2N2O/c1-9-7-10(5-6-11(9)16)19-8-14(21)20-13-4-2-3-12(17)15(13)18/h2-7,19H,8H2,1H3,(H,20,21). The molecule has 0 fully saturated rings. The molecule has 2 aromatic rings. The van der Waals surface area contributed by atoms with Gasteiger partial charge in [-0.1, -0.05) is 45.2 Å². The van der Waals surface area contributed by atoms with Gasteiger partial charge in [0.25, 0.3) is 0 Å². The van der Waals surface area contributed by atoms with E-state index in [1.165, 1.54) is 0 Å². The minimum atomic E-state index is -0.195. The predicted octanol–water partition coefficient (Wildman–Crippen LogP) is 5.11. The van der Waals surface area contributed by atoms with Gasteiger partial charge in [0.15, 0.2) is 0 Å². The van der Waals surface area contributed by atoms with Crippen LogP contribution in [-0.4, -0.2) is 12.5 Å². The van der Waals surface area contributed by atoms with Crippen molar-refractivity contribution in [3.05, 3.63) is 56.5 Å². The number of amides is 1. The van der Waals surface area contributed by atoms with E-state index in [2.05, 4.69) is 26.6 Å². The molecule has 2 aromatic carbocycles. The summed E-state index contributed by atoms with van der Waals surface area (Å²) in [4.78, 5) is 11.9. The minimum absolute atomic E-state index is 0.143. The maximum absolute atomic E-state index is 11.9. The molecule has 110 valence electrons. The van der Waals surface area contributed by atoms with E-state index in [1.807, 2.05) is 25.1 Å². The number of anilines is 2. The topological polar surface area (TPSA) is 41.1 Å². The van der Waals surface area contributed by atoms with Gasteiger partial charge in [-0.25, -0.2) is 0 Å². The summed E-state index contributed by atoms with van der Waals surface area (Å²) in [6.45, 7) is 2.13. The highest BCUT2D eigenvalue weighted by Gasteiger charge is 2.08. The normalized spacial score (nSPS) is 10.3. The van der Waals surface area contributed by atoms with Crippen molar-refractivity contribution in [3.8, 4) is 0 Å². The molecule has 0 spiro atoms. The van der Waals surface area contributed by atoms with Crippen molar-refractivity contribution in [2.24, 2.45) is 0 Å². The van der Waals surface area contributed by atoms with Gasteiger partial charge in [0, 0.05) is 10.2 Å². The molecule has 3 nitrogen and oxygen atoms in total. The van der Waals surface area contributed by atoms with E-state index in [9.17, 15) is 4.79 Å². The van der Waals surface area contributed by atoms with Crippen LogP contribution in [0.15, 0.2) is 40.9 Å². The lowest BCUT2D eigenvalue weighted by atomic mass is 10.2. The lowest BCUT2D eigenvalue weighted by Gasteiger charge is -2.10. The lowest BCUT2D eigenvalue weighted by molar-refractivity contribution is -0.114. The van der Waals surface area contributed by atoms with Crippen LogP contribution < -0.4 is 10.6 Å². The van der Waals surface area contributed by atoms with Crippen LogP contribution >= 0.6 is 39.1 Å². The number of carbonyl (C=O) groups is 1. The molecular weight excluding hydrogens is 375 g/mol. The van der Waals surface area contributed by atoms with Gasteiger partial charge in [-0.3, -0.25) is 4.79 Å². The first-order chi connectivity index (χ1) is 9.97. The van der Waals surface area contributed by atoms with E-state index in [-0.39, 0.29) is 12.5 Å². The third-order valence-corrected chi connectivity index (χ3v) is 4.55. The summed E-state index contributed by atoms with van der Waals surface area (Å²) in [6, 6.07) is 10.9. The summed E-state index contributed by atoms with van der Waals surface area (Å²) < 4.78 is 1.03. The van der Waals surface area contributed by atoms with Gasteiger partial charge in [-0.15, -0.1) is 0 Å². The van der Waals surface area contributed by atoms with Gasteiger partial charge in [-0.2, -0.15) is 0 Å². The van der Waals surface area contributed by atoms with Crippen molar-refractivity contribution in [2.45, 2.75) is 6.92 Å². The Kier molecular flexibility index (Phi) is 5.51. The first-order valence-corrected chi connectivity index (χ1v) is 7.76. The number of hydrogen-bond acceptors (Lipinski definition) is 2. The number of carbonyl (C=O) groups excluding carboxylic acids is 1. The number of nitrogens with one attached hydrogen (secondary N) is 2. The van der Waals surface area contributed by atoms with E-state index in [0.717, 1.165) is 15.7 Å². The third kappa shape index (κ3) is 4.37. The Balaban J connectivity index is 1.96. The number of halogens is 3. The van der Waals surface area contributed by atoms with Crippen molar-refractivity contribution >= 4 is 56.4 Å². The fourth-order valence-electron chi connectivity index (χ4n) is 1.73. The zero-order valence-electron chi connectivity index (χ0n) is 11.2. The zero-order chi connectivity index (χ0) is 15.4. The predicted molar refractivity (Wildman–Crippen MR) is 92.5 cm³/mol. The third-order valence-electron chi connectivity index (χ3n) is 2.84. The summed E-state index contributed by atoms with van der Waals surface area (Å²) in [5.74, 6) is -0.195. The second-order valence-electron chi connectivity index (χ2n) is 4.47. The first kappa shape index (κ1) is 16.1. The van der Waals surface area contributed by atoms with Gasteiger partial charge >= 0.3 is 0 Å².